The Morgan fingerprint density at radius 1 is 0.524 bits per heavy atom. The molecule has 0 unspecified atom stereocenters. The highest BCUT2D eigenvalue weighted by atomic mass is 32.3. The molecule has 0 bridgehead atoms. The van der Waals surface area contributed by atoms with Gasteiger partial charge in [-0.15, -0.1) is 0 Å². The number of ether oxygens (including phenoxy) is 3. The van der Waals surface area contributed by atoms with Crippen LogP contribution in [0.25, 0.3) is 0 Å². The molecule has 3 rings (SSSR count). The first-order valence-corrected chi connectivity index (χ1v) is 16.2. The molecule has 0 aromatic heterocycles. The van der Waals surface area contributed by atoms with Crippen molar-refractivity contribution >= 4 is 20.4 Å². The van der Waals surface area contributed by atoms with Gasteiger partial charge in [-0.25, -0.2) is 0 Å². The molecule has 0 aliphatic rings. The average molecular weight is 629 g/mol. The van der Waals surface area contributed by atoms with Gasteiger partial charge in [-0.1, -0.05) is 18.2 Å². The summed E-state index contributed by atoms with van der Waals surface area (Å²) < 4.78 is 91.5. The lowest BCUT2D eigenvalue weighted by molar-refractivity contribution is -0.0496. The van der Waals surface area contributed by atoms with E-state index in [1.54, 1.807) is 36.4 Å². The summed E-state index contributed by atoms with van der Waals surface area (Å²) in [6, 6.07) is 18.9. The number of hydrogen-bond acceptors (Lipinski definition) is 6. The fourth-order valence-electron chi connectivity index (χ4n) is 3.91. The van der Waals surface area contributed by atoms with E-state index in [0.29, 0.717) is 17.2 Å². The van der Waals surface area contributed by atoms with Crippen LogP contribution in [0.5, 0.6) is 17.2 Å². The van der Waals surface area contributed by atoms with Crippen LogP contribution < -0.4 is 14.2 Å². The molecule has 0 radical (unpaired) electrons. The van der Waals surface area contributed by atoms with Crippen molar-refractivity contribution in [2.45, 2.75) is 99.3 Å². The van der Waals surface area contributed by atoms with Crippen molar-refractivity contribution in [2.75, 3.05) is 0 Å². The summed E-state index contributed by atoms with van der Waals surface area (Å²) in [5.41, 5.74) is -7.62. The fraction of sp³-hybridized carbons (Fsp3) is 0.419. The number of benzene rings is 3. The van der Waals surface area contributed by atoms with Crippen LogP contribution >= 0.6 is 10.3 Å². The molecule has 0 fully saturated rings. The van der Waals surface area contributed by atoms with Crippen LogP contribution in [0.3, 0.4) is 0 Å². The average Bonchev–Trinajstić information content (AvgIpc) is 2.79. The maximum Gasteiger partial charge on any atom is 0.524 e. The minimum Gasteiger partial charge on any atom is -0.488 e. The molecule has 0 amide bonds. The molecule has 0 heterocycles. The summed E-state index contributed by atoms with van der Waals surface area (Å²) in [7, 11) is -9.78. The molecule has 0 atom stereocenters. The highest BCUT2D eigenvalue weighted by Crippen LogP contribution is 2.71. The lowest BCUT2D eigenvalue weighted by atomic mass is 10.2. The van der Waals surface area contributed by atoms with Crippen molar-refractivity contribution in [1.82, 2.24) is 0 Å². The Morgan fingerprint density at radius 2 is 0.810 bits per heavy atom. The van der Waals surface area contributed by atoms with Crippen LogP contribution in [0, 0.1) is 0 Å². The molecule has 11 heteroatoms. The molecule has 42 heavy (non-hydrogen) atoms. The number of hydrogen-bond donors (Lipinski definition) is 0. The largest absolute Gasteiger partial charge is 0.524 e. The second-order valence-electron chi connectivity index (χ2n) is 12.6. The van der Waals surface area contributed by atoms with Crippen molar-refractivity contribution < 1.29 is 39.4 Å². The molecule has 0 saturated heterocycles. The maximum atomic E-state index is 14.0. The van der Waals surface area contributed by atoms with E-state index in [-0.39, 0.29) is 14.7 Å². The molecular weight excluding hydrogens is 589 g/mol. The van der Waals surface area contributed by atoms with Gasteiger partial charge < -0.3 is 14.2 Å². The van der Waals surface area contributed by atoms with E-state index in [0.717, 1.165) is 0 Å². The van der Waals surface area contributed by atoms with Crippen LogP contribution in [0.4, 0.5) is 13.2 Å². The van der Waals surface area contributed by atoms with Crippen LogP contribution in [-0.2, 0) is 13.7 Å². The Labute approximate surface area is 248 Å². The molecule has 3 aromatic rings. The molecule has 232 valence electrons. The Kier molecular flexibility index (Phi) is 9.33. The molecule has 0 saturated carbocycles. The van der Waals surface area contributed by atoms with Crippen LogP contribution in [0.2, 0.25) is 0 Å². The Balaban J connectivity index is 2.47. The van der Waals surface area contributed by atoms with Gasteiger partial charge in [0.05, 0.1) is 0 Å². The second-order valence-corrected chi connectivity index (χ2v) is 17.0. The van der Waals surface area contributed by atoms with Gasteiger partial charge in [-0.3, -0.25) is 0 Å². The van der Waals surface area contributed by atoms with E-state index < -0.39 is 42.7 Å². The van der Waals surface area contributed by atoms with Crippen LogP contribution in [0.1, 0.15) is 62.3 Å². The third-order valence-electron chi connectivity index (χ3n) is 5.16. The molecule has 0 aliphatic carbocycles. The summed E-state index contributed by atoms with van der Waals surface area (Å²) in [6.07, 6.45) is 0. The first-order chi connectivity index (χ1) is 19.0. The fourth-order valence-corrected chi connectivity index (χ4v) is 8.71. The molecule has 0 N–H and O–H groups in total. The van der Waals surface area contributed by atoms with Gasteiger partial charge in [0.15, 0.2) is 0 Å². The minimum absolute atomic E-state index is 0.165. The summed E-state index contributed by atoms with van der Waals surface area (Å²) in [5.74, 6) is 0.984. The smallest absolute Gasteiger partial charge is 0.488 e. The third kappa shape index (κ3) is 8.58. The highest BCUT2D eigenvalue weighted by molar-refractivity contribution is 8.33. The van der Waals surface area contributed by atoms with Crippen LogP contribution in [0.15, 0.2) is 87.5 Å². The summed E-state index contributed by atoms with van der Waals surface area (Å²) in [5, 5.41) is 0. The SMILES string of the molecule is CC(C)(C)Oc1cccc(S(OS(=O)(=O)C(F)(F)F)(c2cccc(OC(C)(C)C)c2)c2cccc(OC(C)(C)C)c2)c1. The minimum atomic E-state index is -6.13. The number of alkyl halides is 3. The molecule has 3 aromatic carbocycles. The van der Waals surface area contributed by atoms with Gasteiger partial charge in [0.1, 0.15) is 34.1 Å². The van der Waals surface area contributed by atoms with Crippen molar-refractivity contribution in [3.05, 3.63) is 72.8 Å². The van der Waals surface area contributed by atoms with Crippen LogP contribution in [-0.4, -0.2) is 30.7 Å². The highest BCUT2D eigenvalue weighted by Gasteiger charge is 2.52. The Hall–Kier alpha value is -2.89. The lowest BCUT2D eigenvalue weighted by Crippen LogP contribution is -2.28. The van der Waals surface area contributed by atoms with Gasteiger partial charge in [-0.2, -0.15) is 25.2 Å². The second kappa shape index (κ2) is 11.7. The summed E-state index contributed by atoms with van der Waals surface area (Å²) in [4.78, 5) is 0.494. The zero-order valence-corrected chi connectivity index (χ0v) is 27.0. The zero-order chi connectivity index (χ0) is 31.8. The van der Waals surface area contributed by atoms with Gasteiger partial charge in [0, 0.05) is 14.7 Å². The topological polar surface area (TPSA) is 71.1 Å². The Morgan fingerprint density at radius 3 is 1.05 bits per heavy atom. The van der Waals surface area contributed by atoms with E-state index in [2.05, 4.69) is 0 Å². The normalized spacial score (nSPS) is 13.9. The standard InChI is InChI=1S/C31H39F3O6S2/c1-28(2,3)37-22-13-10-16-25(19-22)41(40-42(35,36)31(32,33)34,26-17-11-14-23(20-26)38-29(4,5)6)27-18-12-15-24(21-27)39-30(7,8)9/h10-21H,1-9H3. The summed E-state index contributed by atoms with van der Waals surface area (Å²) in [6.45, 7) is 16.4. The first-order valence-electron chi connectivity index (χ1n) is 13.2. The third-order valence-corrected chi connectivity index (χ3v) is 10.0. The van der Waals surface area contributed by atoms with Crippen molar-refractivity contribution in [3.8, 4) is 17.2 Å². The first kappa shape index (κ1) is 33.6. The molecule has 0 spiro atoms. The number of halogens is 3. The quantitative estimate of drug-likeness (QED) is 0.232. The predicted octanol–water partition coefficient (Wildman–Crippen LogP) is 9.28. The monoisotopic (exact) mass is 628 g/mol. The van der Waals surface area contributed by atoms with E-state index in [1.807, 2.05) is 62.3 Å². The van der Waals surface area contributed by atoms with E-state index in [1.165, 1.54) is 36.4 Å². The summed E-state index contributed by atoms with van der Waals surface area (Å²) >= 11 is 0. The van der Waals surface area contributed by atoms with Crippen molar-refractivity contribution in [2.24, 2.45) is 0 Å². The van der Waals surface area contributed by atoms with Crippen molar-refractivity contribution in [1.29, 1.82) is 0 Å². The predicted molar refractivity (Wildman–Crippen MR) is 159 cm³/mol. The molecule has 6 nitrogen and oxygen atoms in total. The van der Waals surface area contributed by atoms with Crippen molar-refractivity contribution in [3.63, 3.8) is 0 Å². The van der Waals surface area contributed by atoms with E-state index >= 15 is 0 Å². The molecular formula is C31H39F3O6S2. The van der Waals surface area contributed by atoms with E-state index in [9.17, 15) is 21.6 Å². The van der Waals surface area contributed by atoms with Gasteiger partial charge in [0.25, 0.3) is 0 Å². The number of rotatable bonds is 8. The molecule has 0 aliphatic heterocycles. The zero-order valence-electron chi connectivity index (χ0n) is 25.3. The lowest BCUT2D eigenvalue weighted by Gasteiger charge is -2.40. The van der Waals surface area contributed by atoms with E-state index in [4.69, 9.17) is 17.8 Å². The van der Waals surface area contributed by atoms with Gasteiger partial charge in [-0.05, 0) is 127 Å². The van der Waals surface area contributed by atoms with Gasteiger partial charge in [0.2, 0.25) is 0 Å². The Bertz CT molecular complexity index is 1350. The maximum absolute atomic E-state index is 14.0. The van der Waals surface area contributed by atoms with Gasteiger partial charge >= 0.3 is 15.6 Å².